The topological polar surface area (TPSA) is 38.1 Å². The first-order valence-corrected chi connectivity index (χ1v) is 7.97. The van der Waals surface area contributed by atoms with Gasteiger partial charge in [0.2, 0.25) is 5.91 Å². The van der Waals surface area contributed by atoms with Crippen LogP contribution in [0.15, 0.2) is 42.9 Å². The first-order chi connectivity index (χ1) is 10.7. The Kier molecular flexibility index (Phi) is 4.27. The number of carbonyl (C=O) groups excluding carboxylic acids is 1. The molecule has 1 aliphatic heterocycles. The lowest BCUT2D eigenvalue weighted by molar-refractivity contribution is -0.131. The van der Waals surface area contributed by atoms with Crippen LogP contribution < -0.4 is 0 Å². The predicted octanol–water partition coefficient (Wildman–Crippen LogP) is 2.65. The van der Waals surface area contributed by atoms with Crippen LogP contribution in [0, 0.1) is 11.8 Å². The number of carbonyl (C=O) groups is 1. The largest absolute Gasteiger partial charge is 0.338 e. The molecule has 2 atom stereocenters. The van der Waals surface area contributed by atoms with Crippen LogP contribution in [-0.2, 0) is 24.8 Å². The Balaban J connectivity index is 1.72. The predicted molar refractivity (Wildman–Crippen MR) is 86.0 cm³/mol. The van der Waals surface area contributed by atoms with Crippen LogP contribution in [0.1, 0.15) is 24.6 Å². The highest BCUT2D eigenvalue weighted by molar-refractivity contribution is 5.81. The van der Waals surface area contributed by atoms with Gasteiger partial charge >= 0.3 is 0 Å². The molecule has 0 saturated carbocycles. The highest BCUT2D eigenvalue weighted by atomic mass is 16.2. The molecule has 4 nitrogen and oxygen atoms in total. The number of hydrogen-bond donors (Lipinski definition) is 0. The van der Waals surface area contributed by atoms with Crippen molar-refractivity contribution in [1.82, 2.24) is 14.5 Å². The minimum Gasteiger partial charge on any atom is -0.338 e. The first-order valence-electron chi connectivity index (χ1n) is 7.97. The van der Waals surface area contributed by atoms with E-state index in [9.17, 15) is 4.79 Å². The van der Waals surface area contributed by atoms with E-state index in [4.69, 9.17) is 0 Å². The second-order valence-corrected chi connectivity index (χ2v) is 6.18. The first kappa shape index (κ1) is 14.8. The molecule has 0 bridgehead atoms. The van der Waals surface area contributed by atoms with Crippen molar-refractivity contribution in [3.8, 4) is 0 Å². The van der Waals surface area contributed by atoms with Gasteiger partial charge < -0.3 is 9.47 Å². The Bertz CT molecular complexity index is 635. The summed E-state index contributed by atoms with van der Waals surface area (Å²) in [5.74, 6) is 0.828. The van der Waals surface area contributed by atoms with E-state index in [-0.39, 0.29) is 5.92 Å². The highest BCUT2D eigenvalue weighted by Gasteiger charge is 2.39. The molecule has 0 N–H and O–H groups in total. The summed E-state index contributed by atoms with van der Waals surface area (Å²) in [5, 5.41) is 0. The number of rotatable bonds is 5. The fourth-order valence-corrected chi connectivity index (χ4v) is 3.45. The molecule has 1 aromatic heterocycles. The Morgan fingerprint density at radius 1 is 1.27 bits per heavy atom. The minimum absolute atomic E-state index is 0.138. The second kappa shape index (κ2) is 6.34. The van der Waals surface area contributed by atoms with Gasteiger partial charge in [-0.2, -0.15) is 0 Å². The molecule has 116 valence electrons. The molecule has 1 saturated heterocycles. The Morgan fingerprint density at radius 2 is 2.05 bits per heavy atom. The van der Waals surface area contributed by atoms with E-state index >= 15 is 0 Å². The number of imidazole rings is 1. The van der Waals surface area contributed by atoms with Crippen LogP contribution in [-0.4, -0.2) is 26.9 Å². The number of aryl methyl sites for hydroxylation is 1. The van der Waals surface area contributed by atoms with Gasteiger partial charge in [0, 0.05) is 37.9 Å². The zero-order valence-electron chi connectivity index (χ0n) is 13.3. The fourth-order valence-electron chi connectivity index (χ4n) is 3.45. The molecule has 3 rings (SSSR count). The molecule has 1 amide bonds. The zero-order chi connectivity index (χ0) is 15.5. The van der Waals surface area contributed by atoms with Crippen LogP contribution in [0.5, 0.6) is 0 Å². The summed E-state index contributed by atoms with van der Waals surface area (Å²) >= 11 is 0. The summed E-state index contributed by atoms with van der Waals surface area (Å²) in [4.78, 5) is 18.9. The van der Waals surface area contributed by atoms with Crippen LogP contribution in [0.2, 0.25) is 0 Å². The van der Waals surface area contributed by atoms with Crippen molar-refractivity contribution >= 4 is 5.91 Å². The molecule has 2 heterocycles. The molecule has 0 unspecified atom stereocenters. The number of nitrogens with zero attached hydrogens (tertiary/aromatic N) is 3. The standard InChI is InChI=1S/C18H23N3O/c1-3-17-15(9-16-10-19-13-20(16)2)12-21(18(17)22)11-14-7-5-4-6-8-14/h4-8,10,13,15,17H,3,9,11-12H2,1-2H3/t15-,17+/m0/s1. The summed E-state index contributed by atoms with van der Waals surface area (Å²) in [6.07, 6.45) is 5.57. The van der Waals surface area contributed by atoms with Crippen LogP contribution in [0.25, 0.3) is 0 Å². The van der Waals surface area contributed by atoms with E-state index in [0.717, 1.165) is 25.9 Å². The van der Waals surface area contributed by atoms with E-state index in [1.165, 1.54) is 11.3 Å². The van der Waals surface area contributed by atoms with Gasteiger partial charge in [-0.15, -0.1) is 0 Å². The molecule has 0 aliphatic carbocycles. The molecule has 0 spiro atoms. The molecular formula is C18H23N3O. The molecular weight excluding hydrogens is 274 g/mol. The van der Waals surface area contributed by atoms with Gasteiger partial charge in [-0.25, -0.2) is 4.98 Å². The monoisotopic (exact) mass is 297 g/mol. The maximum absolute atomic E-state index is 12.7. The third kappa shape index (κ3) is 2.91. The summed E-state index contributed by atoms with van der Waals surface area (Å²) in [5.41, 5.74) is 2.41. The normalized spacial score (nSPS) is 21.5. The molecule has 4 heteroatoms. The molecule has 1 fully saturated rings. The van der Waals surface area contributed by atoms with Gasteiger partial charge in [0.15, 0.2) is 0 Å². The summed E-state index contributed by atoms with van der Waals surface area (Å²) in [6.45, 7) is 3.68. The van der Waals surface area contributed by atoms with Gasteiger partial charge in [-0.1, -0.05) is 37.3 Å². The van der Waals surface area contributed by atoms with Gasteiger partial charge in [0.05, 0.1) is 6.33 Å². The second-order valence-electron chi connectivity index (χ2n) is 6.18. The van der Waals surface area contributed by atoms with Gasteiger partial charge in [0.1, 0.15) is 0 Å². The van der Waals surface area contributed by atoms with Crippen molar-refractivity contribution in [3.05, 3.63) is 54.1 Å². The lowest BCUT2D eigenvalue weighted by atomic mass is 9.89. The molecule has 22 heavy (non-hydrogen) atoms. The van der Waals surface area contributed by atoms with Gasteiger partial charge in [-0.05, 0) is 24.3 Å². The molecule has 1 aliphatic rings. The summed E-state index contributed by atoms with van der Waals surface area (Å²) in [7, 11) is 2.02. The van der Waals surface area contributed by atoms with Crippen LogP contribution >= 0.6 is 0 Å². The van der Waals surface area contributed by atoms with E-state index < -0.39 is 0 Å². The van der Waals surface area contributed by atoms with Gasteiger partial charge in [0.25, 0.3) is 0 Å². The lowest BCUT2D eigenvalue weighted by Crippen LogP contribution is -2.26. The van der Waals surface area contributed by atoms with Crippen molar-refractivity contribution in [1.29, 1.82) is 0 Å². The van der Waals surface area contributed by atoms with E-state index in [1.807, 2.05) is 42.7 Å². The maximum atomic E-state index is 12.7. The fraction of sp³-hybridized carbons (Fsp3) is 0.444. The average molecular weight is 297 g/mol. The Labute approximate surface area is 131 Å². The summed E-state index contributed by atoms with van der Waals surface area (Å²) < 4.78 is 2.05. The van der Waals surface area contributed by atoms with Crippen LogP contribution in [0.4, 0.5) is 0 Å². The number of amides is 1. The van der Waals surface area contributed by atoms with Crippen molar-refractivity contribution < 1.29 is 4.79 Å². The number of aromatic nitrogens is 2. The SMILES string of the molecule is CC[C@H]1C(=O)N(Cc2ccccc2)C[C@@H]1Cc1cncn1C. The molecule has 0 radical (unpaired) electrons. The van der Waals surface area contributed by atoms with E-state index in [1.54, 1.807) is 0 Å². The molecule has 1 aromatic carbocycles. The van der Waals surface area contributed by atoms with Crippen molar-refractivity contribution in [2.24, 2.45) is 18.9 Å². The number of benzene rings is 1. The Morgan fingerprint density at radius 3 is 2.68 bits per heavy atom. The van der Waals surface area contributed by atoms with Crippen LogP contribution in [0.3, 0.4) is 0 Å². The minimum atomic E-state index is 0.138. The van der Waals surface area contributed by atoms with E-state index in [2.05, 4.69) is 28.6 Å². The summed E-state index contributed by atoms with van der Waals surface area (Å²) in [6, 6.07) is 10.2. The highest BCUT2D eigenvalue weighted by Crippen LogP contribution is 2.31. The van der Waals surface area contributed by atoms with Crippen molar-refractivity contribution in [3.63, 3.8) is 0 Å². The van der Waals surface area contributed by atoms with Crippen molar-refractivity contribution in [2.75, 3.05) is 6.54 Å². The third-order valence-electron chi connectivity index (χ3n) is 4.70. The molecule has 2 aromatic rings. The smallest absolute Gasteiger partial charge is 0.226 e. The quantitative estimate of drug-likeness (QED) is 0.851. The third-order valence-corrected chi connectivity index (χ3v) is 4.70. The van der Waals surface area contributed by atoms with Gasteiger partial charge in [-0.3, -0.25) is 4.79 Å². The average Bonchev–Trinajstić information content (AvgIpc) is 3.05. The maximum Gasteiger partial charge on any atom is 0.226 e. The number of hydrogen-bond acceptors (Lipinski definition) is 2. The van der Waals surface area contributed by atoms with Crippen molar-refractivity contribution in [2.45, 2.75) is 26.3 Å². The lowest BCUT2D eigenvalue weighted by Gasteiger charge is -2.16. The van der Waals surface area contributed by atoms with E-state index in [0.29, 0.717) is 11.8 Å². The Hall–Kier alpha value is -2.10. The zero-order valence-corrected chi connectivity index (χ0v) is 13.3. The number of likely N-dealkylation sites (tertiary alicyclic amines) is 1.